The zero-order valence-electron chi connectivity index (χ0n) is 7.33. The average Bonchev–Trinajstić information content (AvgIpc) is 2.13. The number of nitrogens with two attached hydrogens (primary N) is 1. The summed E-state index contributed by atoms with van der Waals surface area (Å²) in [5, 5.41) is 35.0. The fourth-order valence-electron chi connectivity index (χ4n) is 0.828. The van der Waals surface area contributed by atoms with E-state index in [-0.39, 0.29) is 13.0 Å². The van der Waals surface area contributed by atoms with Crippen LogP contribution in [0.25, 0.3) is 0 Å². The van der Waals surface area contributed by atoms with Gasteiger partial charge in [-0.2, -0.15) is 0 Å². The Morgan fingerprint density at radius 1 is 1.23 bits per heavy atom. The van der Waals surface area contributed by atoms with Crippen molar-refractivity contribution in [3.05, 3.63) is 0 Å². The molecule has 0 aromatic heterocycles. The molecule has 80 valence electrons. The van der Waals surface area contributed by atoms with Gasteiger partial charge in [-0.25, -0.2) is 0 Å². The highest BCUT2D eigenvalue weighted by Gasteiger charge is 2.18. The van der Waals surface area contributed by atoms with E-state index in [1.165, 1.54) is 0 Å². The SMILES string of the molecule is NC(COCO)C(O)CC(O)CO. The van der Waals surface area contributed by atoms with Crippen LogP contribution in [0, 0.1) is 0 Å². The lowest BCUT2D eigenvalue weighted by Crippen LogP contribution is -2.41. The van der Waals surface area contributed by atoms with E-state index in [9.17, 15) is 5.11 Å². The fourth-order valence-corrected chi connectivity index (χ4v) is 0.828. The topological polar surface area (TPSA) is 116 Å². The van der Waals surface area contributed by atoms with Crippen LogP contribution in [0.2, 0.25) is 0 Å². The maximum absolute atomic E-state index is 9.29. The van der Waals surface area contributed by atoms with E-state index in [1.807, 2.05) is 0 Å². The van der Waals surface area contributed by atoms with Crippen molar-refractivity contribution in [3.63, 3.8) is 0 Å². The number of ether oxygens (including phenoxy) is 1. The van der Waals surface area contributed by atoms with Gasteiger partial charge in [-0.15, -0.1) is 0 Å². The quantitative estimate of drug-likeness (QED) is 0.284. The van der Waals surface area contributed by atoms with Crippen LogP contribution in [0.3, 0.4) is 0 Å². The van der Waals surface area contributed by atoms with Crippen molar-refractivity contribution in [1.82, 2.24) is 0 Å². The summed E-state index contributed by atoms with van der Waals surface area (Å²) in [6, 6.07) is -0.673. The van der Waals surface area contributed by atoms with Crippen LogP contribution in [-0.4, -0.2) is 58.7 Å². The van der Waals surface area contributed by atoms with Crippen LogP contribution in [0.4, 0.5) is 0 Å². The Morgan fingerprint density at radius 2 is 1.85 bits per heavy atom. The molecule has 0 saturated carbocycles. The molecule has 3 atom stereocenters. The lowest BCUT2D eigenvalue weighted by molar-refractivity contribution is -0.0324. The molecule has 0 fully saturated rings. The lowest BCUT2D eigenvalue weighted by Gasteiger charge is -2.20. The van der Waals surface area contributed by atoms with Crippen LogP contribution in [0.1, 0.15) is 6.42 Å². The van der Waals surface area contributed by atoms with Gasteiger partial charge < -0.3 is 30.9 Å². The van der Waals surface area contributed by atoms with Crippen molar-refractivity contribution in [2.24, 2.45) is 5.73 Å². The molecule has 0 aliphatic heterocycles. The first-order valence-electron chi connectivity index (χ1n) is 4.03. The van der Waals surface area contributed by atoms with Crippen molar-refractivity contribution < 1.29 is 25.2 Å². The van der Waals surface area contributed by atoms with Crippen molar-refractivity contribution in [2.75, 3.05) is 20.0 Å². The van der Waals surface area contributed by atoms with Gasteiger partial charge in [0.1, 0.15) is 6.79 Å². The van der Waals surface area contributed by atoms with Gasteiger partial charge in [-0.05, 0) is 0 Å². The molecule has 6 nitrogen and oxygen atoms in total. The summed E-state index contributed by atoms with van der Waals surface area (Å²) in [4.78, 5) is 0. The molecule has 0 aromatic carbocycles. The van der Waals surface area contributed by atoms with E-state index < -0.39 is 31.6 Å². The van der Waals surface area contributed by atoms with Crippen LogP contribution in [-0.2, 0) is 4.74 Å². The highest BCUT2D eigenvalue weighted by molar-refractivity contribution is 4.74. The summed E-state index contributed by atoms with van der Waals surface area (Å²) in [6.07, 6.45) is -1.93. The van der Waals surface area contributed by atoms with Gasteiger partial charge in [-0.3, -0.25) is 0 Å². The van der Waals surface area contributed by atoms with Gasteiger partial charge in [0.05, 0.1) is 31.5 Å². The van der Waals surface area contributed by atoms with E-state index in [1.54, 1.807) is 0 Å². The molecule has 0 bridgehead atoms. The maximum Gasteiger partial charge on any atom is 0.143 e. The minimum atomic E-state index is -0.977. The molecule has 0 heterocycles. The van der Waals surface area contributed by atoms with Crippen molar-refractivity contribution >= 4 is 0 Å². The van der Waals surface area contributed by atoms with Crippen LogP contribution in [0.15, 0.2) is 0 Å². The summed E-state index contributed by atoms with van der Waals surface area (Å²) in [5.41, 5.74) is 5.43. The third kappa shape index (κ3) is 5.92. The molecular weight excluding hydrogens is 178 g/mol. The van der Waals surface area contributed by atoms with Crippen LogP contribution in [0.5, 0.6) is 0 Å². The number of rotatable bonds is 7. The number of hydrogen-bond donors (Lipinski definition) is 5. The van der Waals surface area contributed by atoms with Crippen molar-refractivity contribution in [1.29, 1.82) is 0 Å². The zero-order chi connectivity index (χ0) is 10.3. The molecular formula is C7H17NO5. The van der Waals surface area contributed by atoms with Crippen molar-refractivity contribution in [3.8, 4) is 0 Å². The first-order valence-corrected chi connectivity index (χ1v) is 4.03. The Hall–Kier alpha value is -0.240. The Labute approximate surface area is 76.6 Å². The molecule has 6 N–H and O–H groups in total. The van der Waals surface area contributed by atoms with Crippen LogP contribution >= 0.6 is 0 Å². The highest BCUT2D eigenvalue weighted by Crippen LogP contribution is 2.01. The summed E-state index contributed by atoms with van der Waals surface area (Å²) in [5.74, 6) is 0. The predicted molar refractivity (Wildman–Crippen MR) is 44.7 cm³/mol. The molecule has 0 saturated heterocycles. The number of aliphatic hydroxyl groups excluding tert-OH is 4. The smallest absolute Gasteiger partial charge is 0.143 e. The lowest BCUT2D eigenvalue weighted by atomic mass is 10.1. The molecule has 0 radical (unpaired) electrons. The van der Waals surface area contributed by atoms with E-state index in [0.29, 0.717) is 0 Å². The fraction of sp³-hybridized carbons (Fsp3) is 1.00. The maximum atomic E-state index is 9.29. The monoisotopic (exact) mass is 195 g/mol. The van der Waals surface area contributed by atoms with E-state index in [0.717, 1.165) is 0 Å². The van der Waals surface area contributed by atoms with E-state index in [4.69, 9.17) is 21.1 Å². The van der Waals surface area contributed by atoms with Gasteiger partial charge >= 0.3 is 0 Å². The molecule has 0 rings (SSSR count). The molecule has 3 unspecified atom stereocenters. The summed E-state index contributed by atoms with van der Waals surface area (Å²) in [7, 11) is 0. The number of aliphatic hydroxyl groups is 4. The summed E-state index contributed by atoms with van der Waals surface area (Å²) < 4.78 is 4.56. The Bertz CT molecular complexity index is 123. The molecule has 0 spiro atoms. The Morgan fingerprint density at radius 3 is 2.31 bits per heavy atom. The minimum absolute atomic E-state index is 0.00748. The van der Waals surface area contributed by atoms with Crippen LogP contribution < -0.4 is 5.73 Å². The first kappa shape index (κ1) is 12.8. The third-order valence-electron chi connectivity index (χ3n) is 1.62. The zero-order valence-corrected chi connectivity index (χ0v) is 7.33. The molecule has 6 heteroatoms. The van der Waals surface area contributed by atoms with Gasteiger partial charge in [0, 0.05) is 6.42 Å². The normalized spacial score (nSPS) is 18.2. The second-order valence-corrected chi connectivity index (χ2v) is 2.80. The molecule has 0 aromatic rings. The predicted octanol–water partition coefficient (Wildman–Crippen LogP) is -2.62. The van der Waals surface area contributed by atoms with E-state index in [2.05, 4.69) is 4.74 Å². The second kappa shape index (κ2) is 7.19. The Balaban J connectivity index is 3.61. The molecule has 0 aliphatic carbocycles. The number of hydrogen-bond acceptors (Lipinski definition) is 6. The molecule has 13 heavy (non-hydrogen) atoms. The Kier molecular flexibility index (Phi) is 7.06. The first-order chi connectivity index (χ1) is 6.11. The average molecular weight is 195 g/mol. The van der Waals surface area contributed by atoms with Crippen molar-refractivity contribution in [2.45, 2.75) is 24.7 Å². The third-order valence-corrected chi connectivity index (χ3v) is 1.62. The minimum Gasteiger partial charge on any atom is -0.394 e. The molecule has 0 amide bonds. The standard InChI is InChI=1S/C7H17NO5/c8-6(3-13-4-10)7(12)1-5(11)2-9/h5-7,9-12H,1-4,8H2. The van der Waals surface area contributed by atoms with Gasteiger partial charge in [0.2, 0.25) is 0 Å². The van der Waals surface area contributed by atoms with Gasteiger partial charge in [0.25, 0.3) is 0 Å². The van der Waals surface area contributed by atoms with E-state index >= 15 is 0 Å². The highest BCUT2D eigenvalue weighted by atomic mass is 16.6. The second-order valence-electron chi connectivity index (χ2n) is 2.80. The molecule has 0 aliphatic rings. The summed E-state index contributed by atoms with van der Waals surface area (Å²) >= 11 is 0. The summed E-state index contributed by atoms with van der Waals surface area (Å²) in [6.45, 7) is -0.858. The van der Waals surface area contributed by atoms with Gasteiger partial charge in [0.15, 0.2) is 0 Å². The largest absolute Gasteiger partial charge is 0.394 e. The van der Waals surface area contributed by atoms with Gasteiger partial charge in [-0.1, -0.05) is 0 Å².